The monoisotopic (exact) mass is 454 g/mol. The summed E-state index contributed by atoms with van der Waals surface area (Å²) in [7, 11) is 3.08. The van der Waals surface area contributed by atoms with Gasteiger partial charge in [-0.25, -0.2) is 9.59 Å². The molecule has 33 heavy (non-hydrogen) atoms. The zero-order valence-electron chi connectivity index (χ0n) is 18.8. The molecule has 0 fully saturated rings. The first-order chi connectivity index (χ1) is 15.7. The highest BCUT2D eigenvalue weighted by molar-refractivity contribution is 5.85. The fourth-order valence-electron chi connectivity index (χ4n) is 2.62. The van der Waals surface area contributed by atoms with Gasteiger partial charge in [0.2, 0.25) is 0 Å². The number of phenolic OH excluding ortho intramolecular Hbond substituents is 1. The van der Waals surface area contributed by atoms with Crippen molar-refractivity contribution in [1.29, 1.82) is 0 Å². The molecule has 0 saturated heterocycles. The second-order valence-corrected chi connectivity index (χ2v) is 6.99. The molecule has 1 aromatic heterocycles. The average molecular weight is 454 g/mol. The maximum atomic E-state index is 11.1. The number of carbonyl (C=O) groups is 1. The molecule has 0 amide bonds. The molecule has 0 spiro atoms. The van der Waals surface area contributed by atoms with E-state index < -0.39 is 11.6 Å². The van der Waals surface area contributed by atoms with Crippen LogP contribution in [0, 0.1) is 0 Å². The lowest BCUT2D eigenvalue weighted by Gasteiger charge is -2.07. The van der Waals surface area contributed by atoms with Gasteiger partial charge in [-0.3, -0.25) is 0 Å². The minimum atomic E-state index is -0.982. The first-order valence-electron chi connectivity index (χ1n) is 9.89. The Morgan fingerprint density at radius 3 is 2.36 bits per heavy atom. The van der Waals surface area contributed by atoms with E-state index in [0.717, 1.165) is 17.2 Å². The summed E-state index contributed by atoms with van der Waals surface area (Å²) in [5, 5.41) is 18.9. The molecule has 0 atom stereocenters. The van der Waals surface area contributed by atoms with Crippen LogP contribution >= 0.6 is 0 Å². The smallest absolute Gasteiger partial charge is 0.336 e. The van der Waals surface area contributed by atoms with E-state index in [2.05, 4.69) is 0 Å². The Balaban J connectivity index is 0.000000238. The van der Waals surface area contributed by atoms with Crippen molar-refractivity contribution < 1.29 is 33.6 Å². The van der Waals surface area contributed by atoms with Gasteiger partial charge in [-0.2, -0.15) is 0 Å². The second-order valence-electron chi connectivity index (χ2n) is 6.99. The number of allylic oxidation sites excluding steroid dienone is 1. The molecule has 2 N–H and O–H groups in total. The van der Waals surface area contributed by atoms with Crippen LogP contribution in [0.15, 0.2) is 69.4 Å². The molecular weight excluding hydrogens is 428 g/mol. The molecule has 3 aromatic rings. The van der Waals surface area contributed by atoms with Gasteiger partial charge in [-0.1, -0.05) is 11.6 Å². The van der Waals surface area contributed by atoms with Crippen LogP contribution in [0.25, 0.3) is 17.0 Å². The Morgan fingerprint density at radius 1 is 1.00 bits per heavy atom. The molecule has 0 unspecified atom stereocenters. The lowest BCUT2D eigenvalue weighted by Crippen LogP contribution is -1.97. The third-order valence-electron chi connectivity index (χ3n) is 4.26. The molecule has 0 saturated carbocycles. The number of aliphatic carboxylic acids is 1. The molecule has 0 radical (unpaired) electrons. The number of hydrogen-bond acceptors (Lipinski definition) is 7. The number of carboxylic acids is 1. The number of aromatic hydroxyl groups is 1. The number of methoxy groups -OCH3 is 2. The summed E-state index contributed by atoms with van der Waals surface area (Å²) in [6.45, 7) is 4.28. The summed E-state index contributed by atoms with van der Waals surface area (Å²) >= 11 is 0. The molecule has 8 nitrogen and oxygen atoms in total. The van der Waals surface area contributed by atoms with Crippen molar-refractivity contribution in [1.82, 2.24) is 0 Å². The topological polar surface area (TPSA) is 115 Å². The predicted octanol–water partition coefficient (Wildman–Crippen LogP) is 4.65. The van der Waals surface area contributed by atoms with Gasteiger partial charge in [-0.05, 0) is 55.8 Å². The Bertz CT molecular complexity index is 1220. The highest BCUT2D eigenvalue weighted by Crippen LogP contribution is 2.31. The van der Waals surface area contributed by atoms with Gasteiger partial charge in [0.15, 0.2) is 23.0 Å². The van der Waals surface area contributed by atoms with E-state index in [0.29, 0.717) is 34.8 Å². The van der Waals surface area contributed by atoms with Crippen LogP contribution in [0.2, 0.25) is 0 Å². The predicted molar refractivity (Wildman–Crippen MR) is 125 cm³/mol. The zero-order valence-corrected chi connectivity index (χ0v) is 18.8. The molecule has 8 heteroatoms. The van der Waals surface area contributed by atoms with Crippen molar-refractivity contribution in [3.8, 4) is 23.0 Å². The van der Waals surface area contributed by atoms with Gasteiger partial charge in [0.1, 0.15) is 12.2 Å². The minimum Gasteiger partial charge on any atom is -0.504 e. The lowest BCUT2D eigenvalue weighted by atomic mass is 10.2. The number of benzene rings is 2. The van der Waals surface area contributed by atoms with E-state index in [9.17, 15) is 14.7 Å². The van der Waals surface area contributed by atoms with E-state index in [1.165, 1.54) is 31.4 Å². The van der Waals surface area contributed by atoms with Gasteiger partial charge in [0.25, 0.3) is 0 Å². The normalized spacial score (nSPS) is 10.3. The van der Waals surface area contributed by atoms with Gasteiger partial charge in [0, 0.05) is 23.6 Å². The van der Waals surface area contributed by atoms with Crippen LogP contribution in [0.4, 0.5) is 0 Å². The number of ether oxygens (including phenoxy) is 3. The Kier molecular flexibility index (Phi) is 9.11. The molecular formula is C25H26O8. The Morgan fingerprint density at radius 2 is 1.73 bits per heavy atom. The van der Waals surface area contributed by atoms with E-state index in [1.54, 1.807) is 31.4 Å². The van der Waals surface area contributed by atoms with Crippen molar-refractivity contribution in [3.63, 3.8) is 0 Å². The van der Waals surface area contributed by atoms with Crippen LogP contribution in [0.1, 0.15) is 19.4 Å². The van der Waals surface area contributed by atoms with Crippen LogP contribution in [0.5, 0.6) is 23.0 Å². The number of carboxylic acid groups (broad SMARTS) is 1. The van der Waals surface area contributed by atoms with E-state index in [1.807, 2.05) is 19.9 Å². The summed E-state index contributed by atoms with van der Waals surface area (Å²) in [6, 6.07) is 11.1. The fourth-order valence-corrected chi connectivity index (χ4v) is 2.62. The molecule has 0 bridgehead atoms. The summed E-state index contributed by atoms with van der Waals surface area (Å²) in [5.74, 6) is 0.535. The maximum absolute atomic E-state index is 11.1. The highest BCUT2D eigenvalue weighted by atomic mass is 16.5. The SMILES string of the molecule is CC(C)=CCOc1cc2oc(=O)ccc2cc1O.COc1ccc(C=CC(=O)O)cc1OC. The van der Waals surface area contributed by atoms with Crippen LogP contribution in [0.3, 0.4) is 0 Å². The minimum absolute atomic E-state index is 0.0264. The first-order valence-corrected chi connectivity index (χ1v) is 9.89. The van der Waals surface area contributed by atoms with Crippen molar-refractivity contribution in [2.75, 3.05) is 20.8 Å². The van der Waals surface area contributed by atoms with Gasteiger partial charge < -0.3 is 28.8 Å². The van der Waals surface area contributed by atoms with Crippen molar-refractivity contribution in [3.05, 3.63) is 76.2 Å². The third-order valence-corrected chi connectivity index (χ3v) is 4.26. The summed E-state index contributed by atoms with van der Waals surface area (Å²) in [4.78, 5) is 21.4. The standard InChI is InChI=1S/C14H14O4.C11H12O4/c1-9(2)5-6-17-13-8-12-10(7-11(13)15)3-4-14(16)18-12;1-14-9-5-3-8(4-6-11(12)13)7-10(9)15-2/h3-5,7-8,15H,6H2,1-2H3;3-7H,1-2H3,(H,12,13). The zero-order chi connectivity index (χ0) is 24.4. The molecule has 174 valence electrons. The number of fused-ring (bicyclic) bond motifs is 1. The second kappa shape index (κ2) is 12.0. The number of rotatable bonds is 7. The maximum Gasteiger partial charge on any atom is 0.336 e. The number of hydrogen-bond donors (Lipinski definition) is 2. The van der Waals surface area contributed by atoms with E-state index in [4.69, 9.17) is 23.7 Å². The highest BCUT2D eigenvalue weighted by Gasteiger charge is 2.07. The molecule has 3 rings (SSSR count). The quantitative estimate of drug-likeness (QED) is 0.301. The lowest BCUT2D eigenvalue weighted by molar-refractivity contribution is -0.131. The van der Waals surface area contributed by atoms with Crippen LogP contribution in [-0.4, -0.2) is 37.0 Å². The summed E-state index contributed by atoms with van der Waals surface area (Å²) in [5.41, 5.74) is 1.84. The Labute approximate surface area is 191 Å². The largest absolute Gasteiger partial charge is 0.504 e. The molecule has 0 aliphatic carbocycles. The van der Waals surface area contributed by atoms with E-state index in [-0.39, 0.29) is 5.75 Å². The van der Waals surface area contributed by atoms with Crippen molar-refractivity contribution >= 4 is 23.0 Å². The molecule has 2 aromatic carbocycles. The third kappa shape index (κ3) is 7.77. The van der Waals surface area contributed by atoms with E-state index >= 15 is 0 Å². The first kappa shape index (κ1) is 25.1. The molecule has 0 aliphatic rings. The van der Waals surface area contributed by atoms with Gasteiger partial charge >= 0.3 is 11.6 Å². The Hall–Kier alpha value is -4.20. The van der Waals surface area contributed by atoms with Crippen molar-refractivity contribution in [2.45, 2.75) is 13.8 Å². The average Bonchev–Trinajstić information content (AvgIpc) is 2.78. The number of phenols is 1. The summed E-state index contributed by atoms with van der Waals surface area (Å²) < 4.78 is 20.6. The fraction of sp³-hybridized carbons (Fsp3) is 0.200. The van der Waals surface area contributed by atoms with Crippen LogP contribution in [-0.2, 0) is 4.79 Å². The van der Waals surface area contributed by atoms with Crippen molar-refractivity contribution in [2.24, 2.45) is 0 Å². The van der Waals surface area contributed by atoms with Gasteiger partial charge in [-0.15, -0.1) is 0 Å². The van der Waals surface area contributed by atoms with Crippen LogP contribution < -0.4 is 19.8 Å². The molecule has 0 aliphatic heterocycles. The molecule has 1 heterocycles. The summed E-state index contributed by atoms with van der Waals surface area (Å²) in [6.07, 6.45) is 4.45. The van der Waals surface area contributed by atoms with Gasteiger partial charge in [0.05, 0.1) is 14.2 Å².